The van der Waals surface area contributed by atoms with E-state index in [-0.39, 0.29) is 11.3 Å². The predicted octanol–water partition coefficient (Wildman–Crippen LogP) is 3.79. The van der Waals surface area contributed by atoms with E-state index >= 15 is 0 Å². The third kappa shape index (κ3) is 3.10. The second-order valence-corrected chi connectivity index (χ2v) is 7.90. The summed E-state index contributed by atoms with van der Waals surface area (Å²) in [7, 11) is 4.58. The summed E-state index contributed by atoms with van der Waals surface area (Å²) in [5.41, 5.74) is 0.763. The first-order chi connectivity index (χ1) is 16.5. The van der Waals surface area contributed by atoms with Crippen LogP contribution >= 0.6 is 0 Å². The van der Waals surface area contributed by atoms with Crippen LogP contribution in [0.15, 0.2) is 71.9 Å². The lowest BCUT2D eigenvalue weighted by molar-refractivity contribution is -0.140. The van der Waals surface area contributed by atoms with E-state index in [1.165, 1.54) is 14.2 Å². The van der Waals surface area contributed by atoms with Gasteiger partial charge in [-0.3, -0.25) is 9.59 Å². The van der Waals surface area contributed by atoms with Gasteiger partial charge in [0.1, 0.15) is 28.9 Å². The Labute approximate surface area is 196 Å². The third-order valence-electron chi connectivity index (χ3n) is 6.20. The fourth-order valence-corrected chi connectivity index (χ4v) is 4.50. The zero-order valence-corrected chi connectivity index (χ0v) is 18.8. The molecule has 1 spiro atoms. The van der Waals surface area contributed by atoms with E-state index in [1.54, 1.807) is 67.8 Å². The average molecular weight is 458 g/mol. The molecule has 0 saturated carbocycles. The molecule has 8 nitrogen and oxygen atoms in total. The molecule has 1 N–H and O–H groups in total. The quantitative estimate of drug-likeness (QED) is 0.565. The average Bonchev–Trinajstić information content (AvgIpc) is 3.42. The molecule has 8 heteroatoms. The number of hydrogen-bond acceptors (Lipinski definition) is 7. The lowest BCUT2D eigenvalue weighted by Crippen LogP contribution is -2.46. The summed E-state index contributed by atoms with van der Waals surface area (Å²) >= 11 is 0. The van der Waals surface area contributed by atoms with E-state index < -0.39 is 17.4 Å². The molecule has 2 heterocycles. The fourth-order valence-electron chi connectivity index (χ4n) is 4.50. The summed E-state index contributed by atoms with van der Waals surface area (Å²) in [5.74, 6) is -0.357. The molecule has 0 aromatic heterocycles. The minimum absolute atomic E-state index is 0.288. The molecular formula is C26H22N2O6. The maximum Gasteiger partial charge on any atom is 0.277 e. The van der Waals surface area contributed by atoms with E-state index in [2.05, 4.69) is 10.5 Å². The van der Waals surface area contributed by atoms with Crippen molar-refractivity contribution in [2.24, 2.45) is 11.1 Å². The van der Waals surface area contributed by atoms with Crippen LogP contribution in [0.5, 0.6) is 17.2 Å². The summed E-state index contributed by atoms with van der Waals surface area (Å²) < 4.78 is 16.0. The minimum atomic E-state index is -1.64. The van der Waals surface area contributed by atoms with Crippen LogP contribution in [-0.4, -0.2) is 38.7 Å². The second kappa shape index (κ2) is 8.22. The van der Waals surface area contributed by atoms with Gasteiger partial charge in [-0.25, -0.2) is 0 Å². The van der Waals surface area contributed by atoms with Gasteiger partial charge in [-0.2, -0.15) is 0 Å². The molecule has 0 radical (unpaired) electrons. The number of nitrogens with one attached hydrogen (secondary N) is 1. The highest BCUT2D eigenvalue weighted by Crippen LogP contribution is 2.50. The molecular weight excluding hydrogens is 436 g/mol. The lowest BCUT2D eigenvalue weighted by atomic mass is 9.74. The maximum atomic E-state index is 14.2. The number of carbonyl (C=O) groups is 2. The smallest absolute Gasteiger partial charge is 0.277 e. The molecule has 0 aliphatic carbocycles. The van der Waals surface area contributed by atoms with Crippen molar-refractivity contribution >= 4 is 23.1 Å². The Hall–Kier alpha value is -4.33. The number of benzene rings is 3. The molecule has 5 rings (SSSR count). The lowest BCUT2D eigenvalue weighted by Gasteiger charge is -2.27. The van der Waals surface area contributed by atoms with Crippen molar-refractivity contribution < 1.29 is 28.6 Å². The van der Waals surface area contributed by atoms with Crippen LogP contribution in [0.25, 0.3) is 0 Å². The molecule has 2 aliphatic heterocycles. The number of carbonyl (C=O) groups excluding carboxylic acids is 2. The monoisotopic (exact) mass is 458 g/mol. The highest BCUT2D eigenvalue weighted by Gasteiger charge is 2.63. The number of ketones is 1. The second-order valence-electron chi connectivity index (χ2n) is 7.90. The van der Waals surface area contributed by atoms with Crippen LogP contribution in [0.2, 0.25) is 0 Å². The van der Waals surface area contributed by atoms with Crippen molar-refractivity contribution in [3.8, 4) is 17.2 Å². The molecule has 0 bridgehead atoms. The predicted molar refractivity (Wildman–Crippen MR) is 125 cm³/mol. The van der Waals surface area contributed by atoms with E-state index in [1.807, 2.05) is 6.07 Å². The summed E-state index contributed by atoms with van der Waals surface area (Å²) in [4.78, 5) is 33.5. The van der Waals surface area contributed by atoms with Gasteiger partial charge in [0.05, 0.1) is 26.9 Å². The van der Waals surface area contributed by atoms with Gasteiger partial charge in [0, 0.05) is 22.9 Å². The zero-order valence-electron chi connectivity index (χ0n) is 18.8. The van der Waals surface area contributed by atoms with Crippen LogP contribution in [0.3, 0.4) is 0 Å². The number of rotatable bonds is 6. The Balaban J connectivity index is 1.68. The number of methoxy groups -OCH3 is 3. The molecule has 2 unspecified atom stereocenters. The number of hydrogen-bond donors (Lipinski definition) is 1. The maximum absolute atomic E-state index is 14.2. The van der Waals surface area contributed by atoms with E-state index in [4.69, 9.17) is 19.0 Å². The normalized spacial score (nSPS) is 20.3. The Morgan fingerprint density at radius 1 is 0.941 bits per heavy atom. The minimum Gasteiger partial charge on any atom is -0.497 e. The summed E-state index contributed by atoms with van der Waals surface area (Å²) in [6, 6.07) is 19.2. The van der Waals surface area contributed by atoms with Gasteiger partial charge in [-0.05, 0) is 42.5 Å². The number of fused-ring (bicyclic) bond motifs is 2. The molecule has 0 fully saturated rings. The summed E-state index contributed by atoms with van der Waals surface area (Å²) in [6.07, 6.45) is 0. The van der Waals surface area contributed by atoms with Crippen molar-refractivity contribution in [2.45, 2.75) is 5.60 Å². The molecule has 3 aromatic carbocycles. The van der Waals surface area contributed by atoms with Crippen LogP contribution < -0.4 is 19.5 Å². The van der Waals surface area contributed by atoms with Gasteiger partial charge in [0.15, 0.2) is 5.78 Å². The molecule has 0 saturated heterocycles. The van der Waals surface area contributed by atoms with Crippen molar-refractivity contribution in [1.82, 2.24) is 0 Å². The van der Waals surface area contributed by atoms with Gasteiger partial charge in [-0.1, -0.05) is 23.4 Å². The van der Waals surface area contributed by atoms with Crippen molar-refractivity contribution in [2.75, 3.05) is 26.6 Å². The number of anilines is 1. The van der Waals surface area contributed by atoms with Crippen molar-refractivity contribution in [3.05, 3.63) is 83.4 Å². The first kappa shape index (κ1) is 21.5. The van der Waals surface area contributed by atoms with Gasteiger partial charge in [0.2, 0.25) is 0 Å². The highest BCUT2D eigenvalue weighted by molar-refractivity contribution is 6.25. The largest absolute Gasteiger partial charge is 0.497 e. The Kier molecular flexibility index (Phi) is 5.20. The van der Waals surface area contributed by atoms with Crippen molar-refractivity contribution in [3.63, 3.8) is 0 Å². The molecule has 1 amide bonds. The van der Waals surface area contributed by atoms with Gasteiger partial charge in [0.25, 0.3) is 11.5 Å². The Morgan fingerprint density at radius 2 is 1.65 bits per heavy atom. The highest BCUT2D eigenvalue weighted by atomic mass is 16.7. The van der Waals surface area contributed by atoms with Crippen LogP contribution in [0.4, 0.5) is 5.69 Å². The Bertz CT molecular complexity index is 1320. The van der Waals surface area contributed by atoms with Crippen LogP contribution in [-0.2, 0) is 15.2 Å². The van der Waals surface area contributed by atoms with Gasteiger partial charge in [-0.15, -0.1) is 0 Å². The third-order valence-corrected chi connectivity index (χ3v) is 6.20. The van der Waals surface area contributed by atoms with E-state index in [9.17, 15) is 9.59 Å². The molecule has 3 aromatic rings. The first-order valence-corrected chi connectivity index (χ1v) is 10.6. The Morgan fingerprint density at radius 3 is 2.35 bits per heavy atom. The number of oxime groups is 1. The standard InChI is InChI=1S/C26H22N2O6/c1-31-16-10-8-15(9-11-16)23-22(24(29)18-13-12-17(32-2)14-21(18)33-3)26(34-28-23)19-6-4-5-7-20(19)27-25(26)30/h4-14,22H,1-3H3,(H,27,30). The molecule has 172 valence electrons. The summed E-state index contributed by atoms with van der Waals surface area (Å²) in [5, 5.41) is 7.13. The number of amides is 1. The number of para-hydroxylation sites is 1. The zero-order chi connectivity index (χ0) is 23.9. The molecule has 2 aliphatic rings. The topological polar surface area (TPSA) is 95.5 Å². The summed E-state index contributed by atoms with van der Waals surface area (Å²) in [6.45, 7) is 0. The molecule has 34 heavy (non-hydrogen) atoms. The first-order valence-electron chi connectivity index (χ1n) is 10.6. The SMILES string of the molecule is COc1ccc(C2=NOC3(C(=O)Nc4ccccc43)C2C(=O)c2ccc(OC)cc2OC)cc1. The van der Waals surface area contributed by atoms with Gasteiger partial charge >= 0.3 is 0 Å². The van der Waals surface area contributed by atoms with E-state index in [0.29, 0.717) is 39.8 Å². The number of ether oxygens (including phenoxy) is 3. The van der Waals surface area contributed by atoms with Crippen molar-refractivity contribution in [1.29, 1.82) is 0 Å². The van der Waals surface area contributed by atoms with Gasteiger partial charge < -0.3 is 24.4 Å². The van der Waals surface area contributed by atoms with E-state index in [0.717, 1.165) is 0 Å². The number of nitrogens with zero attached hydrogens (tertiary/aromatic N) is 1. The van der Waals surface area contributed by atoms with Crippen LogP contribution in [0.1, 0.15) is 21.5 Å². The van der Waals surface area contributed by atoms with Crippen LogP contribution in [0, 0.1) is 5.92 Å². The molecule has 2 atom stereocenters. The fraction of sp³-hybridized carbons (Fsp3) is 0.192. The number of Topliss-reactive ketones (excluding diaryl/α,β-unsaturated/α-hetero) is 1.